The van der Waals surface area contributed by atoms with Gasteiger partial charge in [0.1, 0.15) is 5.75 Å². The van der Waals surface area contributed by atoms with Gasteiger partial charge < -0.3 is 20.1 Å². The number of halogens is 1. The van der Waals surface area contributed by atoms with Gasteiger partial charge in [-0.25, -0.2) is 0 Å². The van der Waals surface area contributed by atoms with Crippen LogP contribution in [-0.4, -0.2) is 49.4 Å². The Kier molecular flexibility index (Phi) is 7.83. The fourth-order valence-corrected chi connectivity index (χ4v) is 3.26. The smallest absolute Gasteiger partial charge is 0.310 e. The third kappa shape index (κ3) is 4.82. The molecule has 3 N–H and O–H groups in total. The molecule has 0 radical (unpaired) electrons. The molecule has 8 nitrogen and oxygen atoms in total. The number of nitrogens with zero attached hydrogens (tertiary/aromatic N) is 1. The second-order valence-corrected chi connectivity index (χ2v) is 6.40. The van der Waals surface area contributed by atoms with Crippen molar-refractivity contribution in [3.63, 3.8) is 0 Å². The number of H-pyrrole nitrogens is 1. The summed E-state index contributed by atoms with van der Waals surface area (Å²) in [7, 11) is 2.93. The quantitative estimate of drug-likeness (QED) is 0.595. The minimum Gasteiger partial charge on any atom is -0.496 e. The van der Waals surface area contributed by atoms with Crippen molar-refractivity contribution < 1.29 is 19.1 Å². The Morgan fingerprint density at radius 1 is 1.29 bits per heavy atom. The van der Waals surface area contributed by atoms with Crippen LogP contribution in [0, 0.1) is 5.92 Å². The van der Waals surface area contributed by atoms with Gasteiger partial charge >= 0.3 is 5.97 Å². The number of fused-ring (bicyclic) bond motifs is 1. The van der Waals surface area contributed by atoms with E-state index in [0.717, 1.165) is 29.8 Å². The number of benzene rings is 1. The number of amides is 1. The summed E-state index contributed by atoms with van der Waals surface area (Å²) in [5.74, 6) is -0.509. The predicted octanol–water partition coefficient (Wildman–Crippen LogP) is 1.25. The highest BCUT2D eigenvalue weighted by Gasteiger charge is 2.25. The molecule has 152 valence electrons. The van der Waals surface area contributed by atoms with E-state index in [1.165, 1.54) is 7.11 Å². The first-order valence-electron chi connectivity index (χ1n) is 8.88. The molecule has 1 amide bonds. The van der Waals surface area contributed by atoms with E-state index >= 15 is 0 Å². The number of nitrogens with one attached hydrogen (secondary N) is 3. The summed E-state index contributed by atoms with van der Waals surface area (Å²) in [4.78, 5) is 24.8. The van der Waals surface area contributed by atoms with Crippen LogP contribution in [0.2, 0.25) is 0 Å². The average molecular weight is 409 g/mol. The highest BCUT2D eigenvalue weighted by atomic mass is 35.5. The van der Waals surface area contributed by atoms with Crippen LogP contribution in [0.25, 0.3) is 0 Å². The number of hydrogen-bond acceptors (Lipinski definition) is 6. The average Bonchev–Trinajstić information content (AvgIpc) is 3.14. The Labute approximate surface area is 169 Å². The van der Waals surface area contributed by atoms with Crippen molar-refractivity contribution in [2.45, 2.75) is 19.4 Å². The molecule has 0 saturated heterocycles. The lowest BCUT2D eigenvalue weighted by molar-refractivity contribution is -0.145. The summed E-state index contributed by atoms with van der Waals surface area (Å²) in [6.45, 7) is 1.62. The topological polar surface area (TPSA) is 105 Å². The zero-order chi connectivity index (χ0) is 19.2. The fraction of sp³-hybridized carbons (Fsp3) is 0.421. The summed E-state index contributed by atoms with van der Waals surface area (Å²) in [5.41, 5.74) is 3.12. The monoisotopic (exact) mass is 408 g/mol. The second-order valence-electron chi connectivity index (χ2n) is 6.40. The maximum Gasteiger partial charge on any atom is 0.310 e. The SMILES string of the molecule is COC(=O)C(CNC(=O)c1n[nH]c2c1CNCC2)Cc1ccccc1OC.Cl. The highest BCUT2D eigenvalue weighted by Crippen LogP contribution is 2.21. The number of aromatic amines is 1. The van der Waals surface area contributed by atoms with Gasteiger partial charge in [-0.1, -0.05) is 18.2 Å². The van der Waals surface area contributed by atoms with Crippen LogP contribution in [0.15, 0.2) is 24.3 Å². The van der Waals surface area contributed by atoms with Crippen LogP contribution in [0.4, 0.5) is 0 Å². The van der Waals surface area contributed by atoms with E-state index in [0.29, 0.717) is 24.4 Å². The van der Waals surface area contributed by atoms with Gasteiger partial charge in [-0.2, -0.15) is 5.10 Å². The molecule has 9 heteroatoms. The Hall–Kier alpha value is -2.58. The van der Waals surface area contributed by atoms with Gasteiger partial charge in [0.15, 0.2) is 5.69 Å². The number of carbonyl (C=O) groups excluding carboxylic acids is 2. The summed E-state index contributed by atoms with van der Waals surface area (Å²) < 4.78 is 10.3. The maximum absolute atomic E-state index is 12.6. The first kappa shape index (κ1) is 21.7. The van der Waals surface area contributed by atoms with Gasteiger partial charge in [-0.15, -0.1) is 12.4 Å². The van der Waals surface area contributed by atoms with E-state index in [-0.39, 0.29) is 30.8 Å². The summed E-state index contributed by atoms with van der Waals surface area (Å²) in [6.07, 6.45) is 1.21. The van der Waals surface area contributed by atoms with Crippen LogP contribution in [0.1, 0.15) is 27.3 Å². The number of ether oxygens (including phenoxy) is 2. The van der Waals surface area contributed by atoms with Gasteiger partial charge in [0.2, 0.25) is 0 Å². The van der Waals surface area contributed by atoms with E-state index in [1.807, 2.05) is 24.3 Å². The molecule has 0 saturated carbocycles. The molecule has 1 unspecified atom stereocenters. The maximum atomic E-state index is 12.6. The minimum atomic E-state index is -0.525. The van der Waals surface area contributed by atoms with Crippen LogP contribution >= 0.6 is 12.4 Å². The van der Waals surface area contributed by atoms with Gasteiger partial charge in [0, 0.05) is 37.3 Å². The van der Waals surface area contributed by atoms with Crippen molar-refractivity contribution in [1.29, 1.82) is 0 Å². The molecule has 1 atom stereocenters. The summed E-state index contributed by atoms with van der Waals surface area (Å²) in [6, 6.07) is 7.48. The lowest BCUT2D eigenvalue weighted by atomic mass is 9.98. The molecule has 0 bridgehead atoms. The molecule has 28 heavy (non-hydrogen) atoms. The first-order chi connectivity index (χ1) is 13.1. The standard InChI is InChI=1S/C19H24N4O4.ClH/c1-26-16-6-4-3-5-12(16)9-13(19(25)27-2)10-21-18(24)17-14-11-20-8-7-15(14)22-23-17;/h3-6,13,20H,7-11H2,1-2H3,(H,21,24)(H,22,23);1H. The Balaban J connectivity index is 0.00000280. The lowest BCUT2D eigenvalue weighted by Gasteiger charge is -2.17. The molecule has 0 aliphatic carbocycles. The summed E-state index contributed by atoms with van der Waals surface area (Å²) in [5, 5.41) is 13.1. The molecule has 1 aromatic heterocycles. The molecule has 3 rings (SSSR count). The van der Waals surface area contributed by atoms with Crippen LogP contribution in [0.5, 0.6) is 5.75 Å². The molecule has 1 aromatic carbocycles. The number of rotatable bonds is 7. The Bertz CT molecular complexity index is 824. The van der Waals surface area contributed by atoms with Crippen LogP contribution in [-0.2, 0) is 28.9 Å². The van der Waals surface area contributed by atoms with Crippen LogP contribution in [0.3, 0.4) is 0 Å². The molecule has 0 spiro atoms. The van der Waals surface area contributed by atoms with Crippen LogP contribution < -0.4 is 15.4 Å². The van der Waals surface area contributed by atoms with Crippen molar-refractivity contribution in [2.75, 3.05) is 27.3 Å². The third-order valence-electron chi connectivity index (χ3n) is 4.72. The van der Waals surface area contributed by atoms with E-state index in [4.69, 9.17) is 9.47 Å². The Morgan fingerprint density at radius 3 is 2.82 bits per heavy atom. The van der Waals surface area contributed by atoms with Gasteiger partial charge in [-0.3, -0.25) is 14.7 Å². The molecular formula is C19H25ClN4O4. The molecule has 0 fully saturated rings. The predicted molar refractivity (Wildman–Crippen MR) is 106 cm³/mol. The van der Waals surface area contributed by atoms with Crippen molar-refractivity contribution in [2.24, 2.45) is 5.92 Å². The van der Waals surface area contributed by atoms with E-state index in [9.17, 15) is 9.59 Å². The largest absolute Gasteiger partial charge is 0.496 e. The lowest BCUT2D eigenvalue weighted by Crippen LogP contribution is -2.36. The number of hydrogen-bond donors (Lipinski definition) is 3. The molecule has 1 aliphatic heterocycles. The fourth-order valence-electron chi connectivity index (χ4n) is 3.26. The first-order valence-corrected chi connectivity index (χ1v) is 8.88. The van der Waals surface area contributed by atoms with Crippen molar-refractivity contribution in [3.05, 3.63) is 46.8 Å². The zero-order valence-corrected chi connectivity index (χ0v) is 16.7. The highest BCUT2D eigenvalue weighted by molar-refractivity contribution is 5.94. The minimum absolute atomic E-state index is 0. The number of methoxy groups -OCH3 is 2. The number of aromatic nitrogens is 2. The van der Waals surface area contributed by atoms with Gasteiger partial charge in [0.05, 0.1) is 20.1 Å². The van der Waals surface area contributed by atoms with Gasteiger partial charge in [-0.05, 0) is 18.1 Å². The second kappa shape index (κ2) is 10.1. The zero-order valence-electron chi connectivity index (χ0n) is 15.9. The third-order valence-corrected chi connectivity index (χ3v) is 4.72. The Morgan fingerprint density at radius 2 is 2.07 bits per heavy atom. The molecule has 1 aliphatic rings. The van der Waals surface area contributed by atoms with E-state index < -0.39 is 5.92 Å². The van der Waals surface area contributed by atoms with Crippen molar-refractivity contribution in [1.82, 2.24) is 20.8 Å². The number of esters is 1. The van der Waals surface area contributed by atoms with Crippen molar-refractivity contribution in [3.8, 4) is 5.75 Å². The van der Waals surface area contributed by atoms with Crippen molar-refractivity contribution >= 4 is 24.3 Å². The molecule has 2 aromatic rings. The van der Waals surface area contributed by atoms with Gasteiger partial charge in [0.25, 0.3) is 5.91 Å². The molecule has 2 heterocycles. The summed E-state index contributed by atoms with van der Waals surface area (Å²) >= 11 is 0. The van der Waals surface area contributed by atoms with E-state index in [1.54, 1.807) is 7.11 Å². The normalized spacial score (nSPS) is 13.6. The molecular weight excluding hydrogens is 384 g/mol. The van der Waals surface area contributed by atoms with E-state index in [2.05, 4.69) is 20.8 Å². The number of carbonyl (C=O) groups is 2. The number of para-hydroxylation sites is 1.